The molecule has 1 aliphatic rings. The van der Waals surface area contributed by atoms with Gasteiger partial charge in [-0.05, 0) is 49.5 Å². The molecule has 0 bridgehead atoms. The first-order valence-electron chi connectivity index (χ1n) is 6.55. The third-order valence-electron chi connectivity index (χ3n) is 3.28. The highest BCUT2D eigenvalue weighted by atomic mass is 79.9. The molecular weight excluding hydrogens is 324 g/mol. The lowest BCUT2D eigenvalue weighted by Gasteiger charge is -2.17. The topological polar surface area (TPSA) is 55.8 Å². The molecule has 1 aliphatic carbocycles. The molecule has 4 nitrogen and oxygen atoms in total. The predicted octanol–water partition coefficient (Wildman–Crippen LogP) is 3.88. The van der Waals surface area contributed by atoms with Crippen molar-refractivity contribution in [2.45, 2.75) is 31.8 Å². The largest absolute Gasteiger partial charge is 0.493 e. The summed E-state index contributed by atoms with van der Waals surface area (Å²) in [5.41, 5.74) is 0.739. The van der Waals surface area contributed by atoms with Gasteiger partial charge in [-0.2, -0.15) is 0 Å². The lowest BCUT2D eigenvalue weighted by molar-refractivity contribution is -0.131. The molecule has 1 saturated carbocycles. The first-order valence-corrected chi connectivity index (χ1v) is 7.34. The maximum atomic E-state index is 10.6. The van der Waals surface area contributed by atoms with Crippen LogP contribution in [0.3, 0.4) is 0 Å². The Bertz CT molecular complexity index is 519. The number of halogens is 1. The van der Waals surface area contributed by atoms with Crippen LogP contribution in [0.2, 0.25) is 0 Å². The van der Waals surface area contributed by atoms with Crippen LogP contribution in [0, 0.1) is 0 Å². The van der Waals surface area contributed by atoms with Crippen molar-refractivity contribution in [2.75, 3.05) is 7.11 Å². The van der Waals surface area contributed by atoms with Crippen molar-refractivity contribution < 1.29 is 19.4 Å². The quantitative estimate of drug-likeness (QED) is 0.826. The molecule has 20 heavy (non-hydrogen) atoms. The van der Waals surface area contributed by atoms with Crippen LogP contribution in [0.4, 0.5) is 0 Å². The fourth-order valence-corrected chi connectivity index (χ4v) is 2.73. The zero-order valence-electron chi connectivity index (χ0n) is 11.3. The van der Waals surface area contributed by atoms with Gasteiger partial charge in [0.15, 0.2) is 11.5 Å². The molecule has 0 radical (unpaired) electrons. The minimum Gasteiger partial charge on any atom is -0.493 e. The standard InChI is InChI=1S/C15H17BrO4/c1-19-13-8-10(6-7-15(17)18)12(16)9-14(13)20-11-4-2-3-5-11/h6-9,11H,2-5H2,1H3,(H,17,18). The van der Waals surface area contributed by atoms with Gasteiger partial charge < -0.3 is 14.6 Å². The number of methoxy groups -OCH3 is 1. The molecule has 0 heterocycles. The Kier molecular flexibility index (Phi) is 5.06. The molecule has 1 aromatic rings. The van der Waals surface area contributed by atoms with Crippen LogP contribution in [0.1, 0.15) is 31.2 Å². The Hall–Kier alpha value is -1.49. The number of hydrogen-bond acceptors (Lipinski definition) is 3. The average Bonchev–Trinajstić information content (AvgIpc) is 2.90. The van der Waals surface area contributed by atoms with Crippen molar-refractivity contribution in [3.8, 4) is 11.5 Å². The maximum Gasteiger partial charge on any atom is 0.328 e. The molecule has 1 aromatic carbocycles. The van der Waals surface area contributed by atoms with Gasteiger partial charge in [0.2, 0.25) is 0 Å². The predicted molar refractivity (Wildman–Crippen MR) is 80.2 cm³/mol. The van der Waals surface area contributed by atoms with Gasteiger partial charge in [0, 0.05) is 10.5 Å². The summed E-state index contributed by atoms with van der Waals surface area (Å²) < 4.78 is 12.1. The number of aliphatic carboxylic acids is 1. The van der Waals surface area contributed by atoms with Crippen LogP contribution in [0.15, 0.2) is 22.7 Å². The number of hydrogen-bond donors (Lipinski definition) is 1. The fourth-order valence-electron chi connectivity index (χ4n) is 2.28. The Balaban J connectivity index is 2.24. The number of ether oxygens (including phenoxy) is 2. The maximum absolute atomic E-state index is 10.6. The molecule has 0 aromatic heterocycles. The van der Waals surface area contributed by atoms with E-state index >= 15 is 0 Å². The van der Waals surface area contributed by atoms with Gasteiger partial charge in [-0.1, -0.05) is 15.9 Å². The molecule has 0 atom stereocenters. The molecular formula is C15H17BrO4. The number of carboxylic acid groups (broad SMARTS) is 1. The van der Waals surface area contributed by atoms with Crippen LogP contribution >= 0.6 is 15.9 Å². The van der Waals surface area contributed by atoms with E-state index in [0.29, 0.717) is 11.5 Å². The summed E-state index contributed by atoms with van der Waals surface area (Å²) in [6, 6.07) is 3.60. The Morgan fingerprint density at radius 1 is 1.35 bits per heavy atom. The molecule has 0 unspecified atom stereocenters. The van der Waals surface area contributed by atoms with E-state index in [1.54, 1.807) is 13.2 Å². The molecule has 0 amide bonds. The number of carbonyl (C=O) groups is 1. The van der Waals surface area contributed by atoms with Gasteiger partial charge in [-0.15, -0.1) is 0 Å². The summed E-state index contributed by atoms with van der Waals surface area (Å²) in [5.74, 6) is 0.325. The first-order chi connectivity index (χ1) is 9.60. The van der Waals surface area contributed by atoms with Crippen molar-refractivity contribution in [1.29, 1.82) is 0 Å². The fraction of sp³-hybridized carbons (Fsp3) is 0.400. The Morgan fingerprint density at radius 3 is 2.65 bits per heavy atom. The molecule has 0 aliphatic heterocycles. The van der Waals surface area contributed by atoms with Crippen LogP contribution in [0.5, 0.6) is 11.5 Å². The normalized spacial score (nSPS) is 15.7. The van der Waals surface area contributed by atoms with Crippen molar-refractivity contribution in [3.63, 3.8) is 0 Å². The third kappa shape index (κ3) is 3.76. The molecule has 1 N–H and O–H groups in total. The second-order valence-corrected chi connectivity index (χ2v) is 5.57. The second kappa shape index (κ2) is 6.79. The van der Waals surface area contributed by atoms with Gasteiger partial charge in [0.25, 0.3) is 0 Å². The first kappa shape index (κ1) is 14.9. The van der Waals surface area contributed by atoms with E-state index in [1.165, 1.54) is 18.9 Å². The molecule has 1 fully saturated rings. The van der Waals surface area contributed by atoms with Gasteiger partial charge >= 0.3 is 5.97 Å². The molecule has 108 valence electrons. The van der Waals surface area contributed by atoms with Crippen LogP contribution in [0.25, 0.3) is 6.08 Å². The van der Waals surface area contributed by atoms with Crippen molar-refractivity contribution in [3.05, 3.63) is 28.2 Å². The van der Waals surface area contributed by atoms with Gasteiger partial charge in [-0.3, -0.25) is 0 Å². The highest BCUT2D eigenvalue weighted by Gasteiger charge is 2.19. The van der Waals surface area contributed by atoms with Crippen LogP contribution < -0.4 is 9.47 Å². The van der Waals surface area contributed by atoms with E-state index in [-0.39, 0.29) is 6.10 Å². The Labute approximate surface area is 126 Å². The monoisotopic (exact) mass is 340 g/mol. The highest BCUT2D eigenvalue weighted by molar-refractivity contribution is 9.10. The van der Waals surface area contributed by atoms with E-state index in [1.807, 2.05) is 6.07 Å². The number of rotatable bonds is 5. The zero-order valence-corrected chi connectivity index (χ0v) is 12.9. The minimum atomic E-state index is -0.984. The van der Waals surface area contributed by atoms with E-state index in [0.717, 1.165) is 29.0 Å². The summed E-state index contributed by atoms with van der Waals surface area (Å²) in [5, 5.41) is 8.68. The van der Waals surface area contributed by atoms with Crippen molar-refractivity contribution >= 4 is 28.0 Å². The highest BCUT2D eigenvalue weighted by Crippen LogP contribution is 2.36. The van der Waals surface area contributed by atoms with Crippen LogP contribution in [-0.4, -0.2) is 24.3 Å². The summed E-state index contributed by atoms with van der Waals surface area (Å²) in [4.78, 5) is 10.6. The summed E-state index contributed by atoms with van der Waals surface area (Å²) >= 11 is 3.43. The minimum absolute atomic E-state index is 0.246. The zero-order chi connectivity index (χ0) is 14.5. The van der Waals surface area contributed by atoms with E-state index < -0.39 is 5.97 Å². The second-order valence-electron chi connectivity index (χ2n) is 4.72. The number of benzene rings is 1. The molecule has 0 spiro atoms. The SMILES string of the molecule is COc1cc(C=CC(=O)O)c(Br)cc1OC1CCCC1. The van der Waals surface area contributed by atoms with Crippen molar-refractivity contribution in [1.82, 2.24) is 0 Å². The molecule has 0 saturated heterocycles. The smallest absolute Gasteiger partial charge is 0.328 e. The summed E-state index contributed by atoms with van der Waals surface area (Å²) in [6.45, 7) is 0. The summed E-state index contributed by atoms with van der Waals surface area (Å²) in [6.07, 6.45) is 7.41. The van der Waals surface area contributed by atoms with Gasteiger partial charge in [-0.25, -0.2) is 4.79 Å². The van der Waals surface area contributed by atoms with E-state index in [2.05, 4.69) is 15.9 Å². The Morgan fingerprint density at radius 2 is 2.05 bits per heavy atom. The van der Waals surface area contributed by atoms with Crippen molar-refractivity contribution in [2.24, 2.45) is 0 Å². The van der Waals surface area contributed by atoms with E-state index in [4.69, 9.17) is 14.6 Å². The number of carboxylic acids is 1. The third-order valence-corrected chi connectivity index (χ3v) is 3.97. The van der Waals surface area contributed by atoms with Crippen LogP contribution in [-0.2, 0) is 4.79 Å². The average molecular weight is 341 g/mol. The molecule has 2 rings (SSSR count). The lowest BCUT2D eigenvalue weighted by atomic mass is 10.2. The molecule has 5 heteroatoms. The lowest BCUT2D eigenvalue weighted by Crippen LogP contribution is -2.11. The summed E-state index contributed by atoms with van der Waals surface area (Å²) in [7, 11) is 1.58. The van der Waals surface area contributed by atoms with Gasteiger partial charge in [0.1, 0.15) is 0 Å². The van der Waals surface area contributed by atoms with E-state index in [9.17, 15) is 4.79 Å². The van der Waals surface area contributed by atoms with Gasteiger partial charge in [0.05, 0.1) is 13.2 Å².